The largest absolute Gasteiger partial charge is 0.274 e. The molecule has 0 saturated carbocycles. The first-order valence-corrected chi connectivity index (χ1v) is 12.1. The number of hydrogen-bond acceptors (Lipinski definition) is 8. The summed E-state index contributed by atoms with van der Waals surface area (Å²) >= 11 is 0. The fourth-order valence-electron chi connectivity index (χ4n) is 3.29. The third-order valence-electron chi connectivity index (χ3n) is 4.89. The Morgan fingerprint density at radius 3 is 2.26 bits per heavy atom. The summed E-state index contributed by atoms with van der Waals surface area (Å²) in [7, 11) is -6.18. The van der Waals surface area contributed by atoms with Crippen molar-refractivity contribution in [3.8, 4) is 11.4 Å². The molecule has 3 heterocycles. The molecule has 1 fully saturated rings. The number of sulfonamides is 2. The molecular formula is C16H19FN8O4S2. The van der Waals surface area contributed by atoms with Crippen molar-refractivity contribution in [3.63, 3.8) is 0 Å². The molecule has 1 saturated heterocycles. The number of hydrogen-bond donors (Lipinski definition) is 1. The molecule has 0 aliphatic carbocycles. The molecule has 0 radical (unpaired) electrons. The molecule has 1 aliphatic heterocycles. The molecule has 0 atom stereocenters. The second-order valence-electron chi connectivity index (χ2n) is 6.89. The normalized spacial score (nSPS) is 17.0. The lowest BCUT2D eigenvalue weighted by atomic mass is 10.2. The molecule has 3 aromatic rings. The van der Waals surface area contributed by atoms with Crippen LogP contribution >= 0.6 is 0 Å². The van der Waals surface area contributed by atoms with Gasteiger partial charge in [-0.2, -0.15) is 18.9 Å². The molecule has 1 aromatic carbocycles. The highest BCUT2D eigenvalue weighted by Crippen LogP contribution is 2.26. The Labute approximate surface area is 177 Å². The zero-order chi connectivity index (χ0) is 22.2. The second kappa shape index (κ2) is 8.07. The highest BCUT2D eigenvalue weighted by Gasteiger charge is 2.32. The van der Waals surface area contributed by atoms with Gasteiger partial charge in [0.25, 0.3) is 0 Å². The van der Waals surface area contributed by atoms with E-state index in [4.69, 9.17) is 0 Å². The van der Waals surface area contributed by atoms with Crippen LogP contribution in [-0.2, 0) is 27.1 Å². The first-order chi connectivity index (χ1) is 14.7. The molecule has 166 valence electrons. The summed E-state index contributed by atoms with van der Waals surface area (Å²) in [6.07, 6.45) is 2.96. The number of tetrazole rings is 1. The van der Waals surface area contributed by atoms with Gasteiger partial charge in [-0.05, 0) is 29.8 Å². The Kier molecular flexibility index (Phi) is 5.59. The fourth-order valence-corrected chi connectivity index (χ4v) is 6.25. The lowest BCUT2D eigenvalue weighted by Crippen LogP contribution is -2.37. The highest BCUT2D eigenvalue weighted by molar-refractivity contribution is 7.89. The monoisotopic (exact) mass is 470 g/mol. The van der Waals surface area contributed by atoms with Gasteiger partial charge in [0.2, 0.25) is 25.9 Å². The van der Waals surface area contributed by atoms with Gasteiger partial charge in [-0.15, -0.1) is 10.2 Å². The number of H-pyrrole nitrogens is 1. The maximum absolute atomic E-state index is 14.2. The third kappa shape index (κ3) is 4.08. The van der Waals surface area contributed by atoms with Crippen molar-refractivity contribution >= 4 is 20.0 Å². The van der Waals surface area contributed by atoms with Gasteiger partial charge in [0.1, 0.15) is 10.7 Å². The maximum atomic E-state index is 14.2. The van der Waals surface area contributed by atoms with E-state index < -0.39 is 25.9 Å². The summed E-state index contributed by atoms with van der Waals surface area (Å²) in [5, 5.41) is 16.8. The summed E-state index contributed by atoms with van der Waals surface area (Å²) in [6, 6.07) is 3.32. The lowest BCUT2D eigenvalue weighted by molar-refractivity contribution is 0.404. The maximum Gasteiger partial charge on any atom is 0.246 e. The van der Waals surface area contributed by atoms with E-state index in [-0.39, 0.29) is 47.4 Å². The van der Waals surface area contributed by atoms with E-state index in [9.17, 15) is 21.2 Å². The molecule has 1 N–H and O–H groups in total. The number of nitrogens with one attached hydrogen (secondary N) is 1. The predicted octanol–water partition coefficient (Wildman–Crippen LogP) is -0.175. The van der Waals surface area contributed by atoms with Crippen molar-refractivity contribution in [2.24, 2.45) is 7.05 Å². The number of aryl methyl sites for hydroxylation is 1. The number of nitrogens with zero attached hydrogens (tertiary/aromatic N) is 7. The first-order valence-electron chi connectivity index (χ1n) is 9.22. The van der Waals surface area contributed by atoms with Crippen LogP contribution in [0.25, 0.3) is 11.4 Å². The molecular weight excluding hydrogens is 451 g/mol. The smallest absolute Gasteiger partial charge is 0.246 e. The average Bonchev–Trinajstić information content (AvgIpc) is 3.34. The van der Waals surface area contributed by atoms with E-state index in [2.05, 4.69) is 25.7 Å². The summed E-state index contributed by atoms with van der Waals surface area (Å²) in [5.41, 5.74) is -0.106. The Balaban J connectivity index is 1.57. The van der Waals surface area contributed by atoms with Crippen LogP contribution in [0.5, 0.6) is 0 Å². The fraction of sp³-hybridized carbons (Fsp3) is 0.375. The van der Waals surface area contributed by atoms with E-state index >= 15 is 0 Å². The van der Waals surface area contributed by atoms with Gasteiger partial charge in [0.15, 0.2) is 0 Å². The van der Waals surface area contributed by atoms with Gasteiger partial charge >= 0.3 is 0 Å². The minimum Gasteiger partial charge on any atom is -0.274 e. The summed E-state index contributed by atoms with van der Waals surface area (Å²) in [6.45, 7) is 0.225. The predicted molar refractivity (Wildman–Crippen MR) is 105 cm³/mol. The van der Waals surface area contributed by atoms with Crippen molar-refractivity contribution in [1.82, 2.24) is 39.0 Å². The highest BCUT2D eigenvalue weighted by atomic mass is 32.2. The zero-order valence-electron chi connectivity index (χ0n) is 16.4. The molecule has 2 aromatic heterocycles. The average molecular weight is 471 g/mol. The molecule has 4 rings (SSSR count). The van der Waals surface area contributed by atoms with E-state index in [1.165, 1.54) is 25.7 Å². The van der Waals surface area contributed by atoms with E-state index in [0.29, 0.717) is 6.42 Å². The van der Waals surface area contributed by atoms with Gasteiger partial charge in [-0.3, -0.25) is 4.68 Å². The second-order valence-corrected chi connectivity index (χ2v) is 10.8. The number of aromatic nitrogens is 6. The Morgan fingerprint density at radius 2 is 1.68 bits per heavy atom. The van der Waals surface area contributed by atoms with Crippen LogP contribution < -0.4 is 0 Å². The van der Waals surface area contributed by atoms with Gasteiger partial charge in [-0.25, -0.2) is 21.2 Å². The third-order valence-corrected chi connectivity index (χ3v) is 8.64. The van der Waals surface area contributed by atoms with Gasteiger partial charge in [0, 0.05) is 39.4 Å². The number of benzene rings is 1. The number of aromatic amines is 1. The van der Waals surface area contributed by atoms with Crippen LogP contribution in [0.2, 0.25) is 0 Å². The van der Waals surface area contributed by atoms with E-state index in [1.807, 2.05) is 0 Å². The standard InChI is InChI=1S/C16H19FN8O4S2/c1-23-11-13(10-18-23)31(28,29)25-6-2-5-24(7-8-25)30(26,27)12-3-4-15(17)14(9-12)16-19-21-22-20-16/h3-4,9-11H,2,5-8H2,1H3,(H,19,20,21,22). The molecule has 12 nitrogen and oxygen atoms in total. The SMILES string of the molecule is Cn1cc(S(=O)(=O)N2CCCN(S(=O)(=O)c3ccc(F)c(-c4nn[nH]n4)c3)CC2)cn1. The molecule has 1 aliphatic rings. The van der Waals surface area contributed by atoms with Crippen molar-refractivity contribution in [3.05, 3.63) is 36.4 Å². The molecule has 15 heteroatoms. The van der Waals surface area contributed by atoms with Crippen molar-refractivity contribution in [2.75, 3.05) is 26.2 Å². The topological polar surface area (TPSA) is 147 Å². The Bertz CT molecular complexity index is 1290. The van der Waals surface area contributed by atoms with Crippen LogP contribution in [0.4, 0.5) is 4.39 Å². The molecule has 0 spiro atoms. The van der Waals surface area contributed by atoms with Crippen LogP contribution in [-0.4, -0.2) is 82.0 Å². The Hall–Kier alpha value is -2.75. The lowest BCUT2D eigenvalue weighted by Gasteiger charge is -2.21. The van der Waals surface area contributed by atoms with Crippen molar-refractivity contribution in [2.45, 2.75) is 16.2 Å². The van der Waals surface area contributed by atoms with E-state index in [1.54, 1.807) is 7.05 Å². The first kappa shape index (κ1) is 21.5. The van der Waals surface area contributed by atoms with Crippen LogP contribution in [0.15, 0.2) is 40.4 Å². The Morgan fingerprint density at radius 1 is 1.00 bits per heavy atom. The van der Waals surface area contributed by atoms with Crippen LogP contribution in [0, 0.1) is 5.82 Å². The van der Waals surface area contributed by atoms with Gasteiger partial charge < -0.3 is 0 Å². The summed E-state index contributed by atoms with van der Waals surface area (Å²) in [5.74, 6) is -0.760. The molecule has 0 amide bonds. The van der Waals surface area contributed by atoms with Gasteiger partial charge in [0.05, 0.1) is 16.7 Å². The summed E-state index contributed by atoms with van der Waals surface area (Å²) < 4.78 is 70.0. The molecule has 31 heavy (non-hydrogen) atoms. The minimum atomic E-state index is -4.00. The zero-order valence-corrected chi connectivity index (χ0v) is 18.0. The van der Waals surface area contributed by atoms with Crippen molar-refractivity contribution in [1.29, 1.82) is 0 Å². The summed E-state index contributed by atoms with van der Waals surface area (Å²) in [4.78, 5) is -0.0909. The van der Waals surface area contributed by atoms with Crippen molar-refractivity contribution < 1.29 is 21.2 Å². The van der Waals surface area contributed by atoms with E-state index in [0.717, 1.165) is 18.2 Å². The molecule has 0 bridgehead atoms. The van der Waals surface area contributed by atoms with Crippen LogP contribution in [0.3, 0.4) is 0 Å². The quantitative estimate of drug-likeness (QED) is 0.540. The van der Waals surface area contributed by atoms with Gasteiger partial charge in [-0.1, -0.05) is 0 Å². The number of halogens is 1. The van der Waals surface area contributed by atoms with Crippen LogP contribution in [0.1, 0.15) is 6.42 Å². The molecule has 0 unspecified atom stereocenters. The number of rotatable bonds is 5. The minimum absolute atomic E-state index is 0.0185.